The van der Waals surface area contributed by atoms with Crippen molar-refractivity contribution in [2.45, 2.75) is 55.6 Å². The van der Waals surface area contributed by atoms with Crippen LogP contribution in [-0.2, 0) is 5.41 Å². The minimum absolute atomic E-state index is 0.0330. The first-order chi connectivity index (χ1) is 19.5. The standard InChI is InChI=1S/C28H33FN8O4/c1-27(2)9-10-41-20-16(7-4-8-17(20)27)24(40)33-19-13-37-26(31)34-18(21-28(37,22(19)38)36-25(30)35-21)12-32-23(39)14-5-3-6-15(29)11-14/h3-8,11,18-19,21-22,38H,9-10,12-13H2,1-2H3,(H2,31,34)(H,32,39)(H,33,40)(H3,30,35,36)/p+1/t18-,19?,21-,22+,28?/m0/s1. The molecule has 12 nitrogen and oxygen atoms in total. The molecule has 41 heavy (non-hydrogen) atoms. The van der Waals surface area contributed by atoms with Crippen LogP contribution in [0.1, 0.15) is 46.5 Å². The zero-order chi connectivity index (χ0) is 29.1. The minimum atomic E-state index is -1.24. The summed E-state index contributed by atoms with van der Waals surface area (Å²) >= 11 is 0. The zero-order valence-electron chi connectivity index (χ0n) is 22.8. The number of rotatable bonds is 5. The fourth-order valence-electron chi connectivity index (χ4n) is 6.41. The Hall–Kier alpha value is -4.39. The molecule has 216 valence electrons. The normalized spacial score (nSPS) is 29.1. The first-order valence-corrected chi connectivity index (χ1v) is 13.6. The van der Waals surface area contributed by atoms with Crippen molar-refractivity contribution in [3.63, 3.8) is 0 Å². The van der Waals surface area contributed by atoms with Crippen LogP contribution >= 0.6 is 0 Å². The van der Waals surface area contributed by atoms with Crippen LogP contribution in [0.3, 0.4) is 0 Å². The van der Waals surface area contributed by atoms with E-state index in [1.54, 1.807) is 11.0 Å². The van der Waals surface area contributed by atoms with Crippen molar-refractivity contribution >= 4 is 23.7 Å². The number of carbonyl (C=O) groups is 2. The van der Waals surface area contributed by atoms with Gasteiger partial charge in [-0.1, -0.05) is 32.0 Å². The fourth-order valence-corrected chi connectivity index (χ4v) is 6.41. The lowest BCUT2D eigenvalue weighted by molar-refractivity contribution is -0.513. The van der Waals surface area contributed by atoms with Crippen LogP contribution in [0, 0.1) is 5.82 Å². The predicted octanol–water partition coefficient (Wildman–Crippen LogP) is -2.15. The second kappa shape index (κ2) is 9.61. The largest absolute Gasteiger partial charge is 0.492 e. The van der Waals surface area contributed by atoms with Gasteiger partial charge in [0.2, 0.25) is 5.66 Å². The molecule has 0 saturated carbocycles. The average molecular weight is 566 g/mol. The number of aliphatic imine (C=N–C) groups is 1. The van der Waals surface area contributed by atoms with Crippen molar-refractivity contribution in [1.82, 2.24) is 20.9 Å². The fraction of sp³-hybridized carbons (Fsp3) is 0.429. The Labute approximate surface area is 236 Å². The number of fused-ring (bicyclic) bond motifs is 1. The van der Waals surface area contributed by atoms with Gasteiger partial charge in [0.15, 0.2) is 12.0 Å². The van der Waals surface area contributed by atoms with Crippen LogP contribution in [0.15, 0.2) is 47.5 Å². The van der Waals surface area contributed by atoms with E-state index in [1.807, 2.05) is 12.1 Å². The number of carbonyl (C=O) groups excluding carboxylic acids is 2. The number of hydrogen-bond donors (Lipinski definition) is 7. The van der Waals surface area contributed by atoms with Gasteiger partial charge in [0.25, 0.3) is 11.8 Å². The Bertz CT molecular complexity index is 1480. The molecule has 0 aliphatic carbocycles. The van der Waals surface area contributed by atoms with Gasteiger partial charge in [-0.2, -0.15) is 0 Å². The second-order valence-electron chi connectivity index (χ2n) is 11.6. The lowest BCUT2D eigenvalue weighted by atomic mass is 9.79. The van der Waals surface area contributed by atoms with E-state index in [-0.39, 0.29) is 41.9 Å². The van der Waals surface area contributed by atoms with E-state index in [1.165, 1.54) is 18.2 Å². The third kappa shape index (κ3) is 4.31. The second-order valence-corrected chi connectivity index (χ2v) is 11.6. The Balaban J connectivity index is 1.23. The van der Waals surface area contributed by atoms with E-state index in [2.05, 4.69) is 39.8 Å². The van der Waals surface area contributed by atoms with Crippen LogP contribution in [0.5, 0.6) is 5.75 Å². The van der Waals surface area contributed by atoms with E-state index >= 15 is 0 Å². The number of para-hydroxylation sites is 1. The van der Waals surface area contributed by atoms with Crippen molar-refractivity contribution in [2.24, 2.45) is 16.5 Å². The van der Waals surface area contributed by atoms with Gasteiger partial charge in [-0.05, 0) is 36.1 Å². The maximum absolute atomic E-state index is 13.6. The third-order valence-corrected chi connectivity index (χ3v) is 8.57. The minimum Gasteiger partial charge on any atom is -0.492 e. The predicted molar refractivity (Wildman–Crippen MR) is 148 cm³/mol. The van der Waals surface area contributed by atoms with Gasteiger partial charge >= 0.3 is 5.96 Å². The molecule has 4 aliphatic rings. The monoisotopic (exact) mass is 565 g/mol. The van der Waals surface area contributed by atoms with Crippen molar-refractivity contribution in [2.75, 3.05) is 19.7 Å². The lowest BCUT2D eigenvalue weighted by Gasteiger charge is -2.43. The van der Waals surface area contributed by atoms with Crippen LogP contribution in [0.2, 0.25) is 0 Å². The molecular formula is C28H34FN8O4+. The summed E-state index contributed by atoms with van der Waals surface area (Å²) in [7, 11) is 0. The van der Waals surface area contributed by atoms with Crippen molar-refractivity contribution < 1.29 is 28.8 Å². The number of benzene rings is 2. The summed E-state index contributed by atoms with van der Waals surface area (Å²) in [4.78, 5) is 35.6. The molecule has 2 unspecified atom stereocenters. The molecule has 0 radical (unpaired) electrons. The van der Waals surface area contributed by atoms with Crippen molar-refractivity contribution in [3.8, 4) is 5.75 Å². The molecule has 1 fully saturated rings. The summed E-state index contributed by atoms with van der Waals surface area (Å²) in [6.07, 6.45) is -0.331. The van der Waals surface area contributed by atoms with E-state index in [0.29, 0.717) is 17.9 Å². The molecule has 4 aliphatic heterocycles. The van der Waals surface area contributed by atoms with Crippen molar-refractivity contribution in [3.05, 3.63) is 65.0 Å². The molecule has 5 atom stereocenters. The number of amides is 2. The molecule has 2 aromatic carbocycles. The number of nitrogens with one attached hydrogen (secondary N) is 4. The summed E-state index contributed by atoms with van der Waals surface area (Å²) in [5, 5.41) is 20.6. The summed E-state index contributed by atoms with van der Waals surface area (Å²) in [5.41, 5.74) is 12.7. The number of hydrogen-bond acceptors (Lipinski definition) is 9. The smallest absolute Gasteiger partial charge is 0.343 e. The van der Waals surface area contributed by atoms with E-state index in [0.717, 1.165) is 18.1 Å². The summed E-state index contributed by atoms with van der Waals surface area (Å²) in [6, 6.07) is 8.86. The van der Waals surface area contributed by atoms with Gasteiger partial charge in [0.1, 0.15) is 23.7 Å². The average Bonchev–Trinajstić information content (AvgIpc) is 3.43. The van der Waals surface area contributed by atoms with Crippen molar-refractivity contribution in [1.29, 1.82) is 0 Å². The number of halogens is 1. The Kier molecular flexibility index (Phi) is 6.29. The van der Waals surface area contributed by atoms with Gasteiger partial charge in [-0.15, -0.1) is 0 Å². The Morgan fingerprint density at radius 2 is 2.02 bits per heavy atom. The van der Waals surface area contributed by atoms with Gasteiger partial charge in [-0.25, -0.2) is 14.7 Å². The van der Waals surface area contributed by atoms with Gasteiger partial charge < -0.3 is 31.1 Å². The number of nitrogens with zero attached hydrogens (tertiary/aromatic N) is 2. The molecule has 1 spiro atoms. The number of aliphatic hydroxyl groups is 1. The molecule has 4 heterocycles. The van der Waals surface area contributed by atoms with Crippen LogP contribution < -0.4 is 37.1 Å². The molecule has 0 bridgehead atoms. The van der Waals surface area contributed by atoms with E-state index in [4.69, 9.17) is 16.2 Å². The molecule has 2 aromatic rings. The first-order valence-electron chi connectivity index (χ1n) is 13.6. The van der Waals surface area contributed by atoms with Crippen LogP contribution in [0.25, 0.3) is 0 Å². The van der Waals surface area contributed by atoms with Crippen LogP contribution in [0.4, 0.5) is 4.39 Å². The number of guanidine groups is 2. The maximum atomic E-state index is 13.6. The van der Waals surface area contributed by atoms with Gasteiger partial charge in [0, 0.05) is 24.2 Å². The highest BCUT2D eigenvalue weighted by Gasteiger charge is 2.68. The number of nitrogens with two attached hydrogens (primary N) is 2. The molecule has 6 rings (SSSR count). The Morgan fingerprint density at radius 1 is 1.24 bits per heavy atom. The topological polar surface area (TPSA) is 181 Å². The van der Waals surface area contributed by atoms with Crippen LogP contribution in [-0.4, -0.2) is 83.3 Å². The highest BCUT2D eigenvalue weighted by atomic mass is 19.1. The maximum Gasteiger partial charge on any atom is 0.343 e. The molecular weight excluding hydrogens is 531 g/mol. The van der Waals surface area contributed by atoms with Gasteiger partial charge in [0.05, 0.1) is 18.2 Å². The first kappa shape index (κ1) is 26.8. The zero-order valence-corrected chi connectivity index (χ0v) is 22.8. The summed E-state index contributed by atoms with van der Waals surface area (Å²) in [5.74, 6) is -0.515. The van der Waals surface area contributed by atoms with Gasteiger partial charge in [-0.3, -0.25) is 20.3 Å². The quantitative estimate of drug-likeness (QED) is 0.214. The molecule has 0 aromatic heterocycles. The lowest BCUT2D eigenvalue weighted by Crippen LogP contribution is -2.88. The third-order valence-electron chi connectivity index (χ3n) is 8.57. The molecule has 2 amide bonds. The van der Waals surface area contributed by atoms with E-state index in [9.17, 15) is 19.1 Å². The molecule has 9 N–H and O–H groups in total. The SMILES string of the molecule is CC1(C)CCOc2c(C(=O)NC3CN4C(N)=N[C@@H](CNC(=O)c5cccc(F)c5)[C@@H]5[NH+]=C(N)NC54[C@@H]3O)cccc21. The number of ether oxygens (including phenoxy) is 1. The molecule has 1 saturated heterocycles. The molecule has 13 heteroatoms. The highest BCUT2D eigenvalue weighted by molar-refractivity contribution is 5.98. The summed E-state index contributed by atoms with van der Waals surface area (Å²) in [6.45, 7) is 4.93. The highest BCUT2D eigenvalue weighted by Crippen LogP contribution is 2.41. The number of aliphatic hydroxyl groups excluding tert-OH is 1. The van der Waals surface area contributed by atoms with E-state index < -0.39 is 41.6 Å². The Morgan fingerprint density at radius 3 is 2.80 bits per heavy atom. The summed E-state index contributed by atoms with van der Waals surface area (Å²) < 4.78 is 19.5.